The van der Waals surface area contributed by atoms with Crippen molar-refractivity contribution in [1.29, 1.82) is 0 Å². The zero-order valence-corrected chi connectivity index (χ0v) is 9.31. The van der Waals surface area contributed by atoms with Crippen LogP contribution in [0.2, 0.25) is 0 Å². The van der Waals surface area contributed by atoms with Crippen LogP contribution in [-0.4, -0.2) is 17.3 Å². The molecule has 1 aromatic rings. The minimum atomic E-state index is -0.164. The predicted molar refractivity (Wildman–Crippen MR) is 60.9 cm³/mol. The first-order valence-electron chi connectivity index (χ1n) is 5.25. The van der Waals surface area contributed by atoms with Gasteiger partial charge in [-0.1, -0.05) is 12.8 Å². The van der Waals surface area contributed by atoms with Crippen LogP contribution in [0.25, 0.3) is 0 Å². The highest BCUT2D eigenvalue weighted by molar-refractivity contribution is 7.08. The Morgan fingerprint density at radius 1 is 1.36 bits per heavy atom. The molecule has 0 radical (unpaired) electrons. The number of thiophene rings is 1. The van der Waals surface area contributed by atoms with E-state index in [1.807, 2.05) is 0 Å². The van der Waals surface area contributed by atoms with Crippen molar-refractivity contribution in [3.05, 3.63) is 16.3 Å². The third-order valence-electron chi connectivity index (χ3n) is 2.93. The first-order chi connectivity index (χ1) is 6.77. The van der Waals surface area contributed by atoms with Crippen LogP contribution in [-0.2, 0) is 0 Å². The van der Waals surface area contributed by atoms with Gasteiger partial charge in [0.15, 0.2) is 0 Å². The number of hydrogen-bond acceptors (Lipinski definition) is 3. The fourth-order valence-corrected chi connectivity index (χ4v) is 2.78. The molecule has 0 bridgehead atoms. The Morgan fingerprint density at radius 3 is 2.79 bits per heavy atom. The second kappa shape index (κ2) is 4.32. The molecule has 1 aromatic heterocycles. The lowest BCUT2D eigenvalue weighted by atomic mass is 9.92. The SMILES string of the molecule is Cc1cscc1NC1CCCCC1O. The monoisotopic (exact) mass is 211 g/mol. The van der Waals surface area contributed by atoms with Crippen molar-refractivity contribution in [1.82, 2.24) is 0 Å². The highest BCUT2D eigenvalue weighted by atomic mass is 32.1. The Hall–Kier alpha value is -0.540. The van der Waals surface area contributed by atoms with Crippen LogP contribution in [0.1, 0.15) is 31.2 Å². The molecule has 2 N–H and O–H groups in total. The maximum Gasteiger partial charge on any atom is 0.0741 e. The summed E-state index contributed by atoms with van der Waals surface area (Å²) in [5.41, 5.74) is 2.48. The molecule has 1 saturated carbocycles. The summed E-state index contributed by atoms with van der Waals surface area (Å²) in [6.07, 6.45) is 4.28. The van der Waals surface area contributed by atoms with E-state index >= 15 is 0 Å². The van der Waals surface area contributed by atoms with E-state index in [1.165, 1.54) is 24.1 Å². The van der Waals surface area contributed by atoms with Gasteiger partial charge in [0.2, 0.25) is 0 Å². The molecule has 0 spiro atoms. The van der Waals surface area contributed by atoms with Crippen molar-refractivity contribution in [2.75, 3.05) is 5.32 Å². The molecule has 0 amide bonds. The van der Waals surface area contributed by atoms with Crippen molar-refractivity contribution >= 4 is 17.0 Å². The molecule has 0 aromatic carbocycles. The second-order valence-corrected chi connectivity index (χ2v) is 4.81. The molecule has 2 rings (SSSR count). The zero-order chi connectivity index (χ0) is 9.97. The number of aryl methyl sites for hydroxylation is 1. The van der Waals surface area contributed by atoms with E-state index < -0.39 is 0 Å². The third-order valence-corrected chi connectivity index (χ3v) is 3.79. The number of anilines is 1. The molecular weight excluding hydrogens is 194 g/mol. The van der Waals surface area contributed by atoms with Gasteiger partial charge in [-0.05, 0) is 30.7 Å². The second-order valence-electron chi connectivity index (χ2n) is 4.07. The summed E-state index contributed by atoms with van der Waals surface area (Å²) in [5.74, 6) is 0. The fraction of sp³-hybridized carbons (Fsp3) is 0.636. The first kappa shape index (κ1) is 9.99. The summed E-state index contributed by atoms with van der Waals surface area (Å²) in [5, 5.41) is 17.5. The fourth-order valence-electron chi connectivity index (χ4n) is 1.99. The Balaban J connectivity index is 1.99. The Kier molecular flexibility index (Phi) is 3.08. The Labute approximate surface area is 89.0 Å². The largest absolute Gasteiger partial charge is 0.391 e. The van der Waals surface area contributed by atoms with Gasteiger partial charge in [-0.25, -0.2) is 0 Å². The topological polar surface area (TPSA) is 32.3 Å². The van der Waals surface area contributed by atoms with Crippen molar-refractivity contribution in [3.8, 4) is 0 Å². The van der Waals surface area contributed by atoms with Gasteiger partial charge in [0, 0.05) is 11.1 Å². The van der Waals surface area contributed by atoms with Gasteiger partial charge < -0.3 is 10.4 Å². The van der Waals surface area contributed by atoms with Gasteiger partial charge in [0.25, 0.3) is 0 Å². The molecule has 78 valence electrons. The van der Waals surface area contributed by atoms with Crippen LogP contribution in [0.3, 0.4) is 0 Å². The van der Waals surface area contributed by atoms with Crippen LogP contribution in [0.15, 0.2) is 10.8 Å². The maximum absolute atomic E-state index is 9.80. The Morgan fingerprint density at radius 2 is 2.14 bits per heavy atom. The summed E-state index contributed by atoms with van der Waals surface area (Å²) in [4.78, 5) is 0. The molecule has 2 nitrogen and oxygen atoms in total. The number of rotatable bonds is 2. The first-order valence-corrected chi connectivity index (χ1v) is 6.19. The zero-order valence-electron chi connectivity index (χ0n) is 8.49. The summed E-state index contributed by atoms with van der Waals surface area (Å²) >= 11 is 1.71. The molecular formula is C11H17NOS. The molecule has 1 heterocycles. The molecule has 1 aliphatic carbocycles. The minimum Gasteiger partial charge on any atom is -0.391 e. The lowest BCUT2D eigenvalue weighted by molar-refractivity contribution is 0.116. The maximum atomic E-state index is 9.80. The van der Waals surface area contributed by atoms with Gasteiger partial charge in [0.1, 0.15) is 0 Å². The number of aliphatic hydroxyl groups excluding tert-OH is 1. The number of aliphatic hydroxyl groups is 1. The van der Waals surface area contributed by atoms with E-state index in [0.29, 0.717) is 0 Å². The summed E-state index contributed by atoms with van der Waals surface area (Å²) in [6.45, 7) is 2.11. The molecule has 2 unspecified atom stereocenters. The van der Waals surface area contributed by atoms with Crippen molar-refractivity contribution in [2.45, 2.75) is 44.8 Å². The number of hydrogen-bond donors (Lipinski definition) is 2. The molecule has 1 fully saturated rings. The quantitative estimate of drug-likeness (QED) is 0.788. The number of nitrogens with one attached hydrogen (secondary N) is 1. The average Bonchev–Trinajstić information content (AvgIpc) is 2.56. The average molecular weight is 211 g/mol. The Bertz CT molecular complexity index is 297. The summed E-state index contributed by atoms with van der Waals surface area (Å²) in [7, 11) is 0. The summed E-state index contributed by atoms with van der Waals surface area (Å²) < 4.78 is 0. The van der Waals surface area contributed by atoms with E-state index in [0.717, 1.165) is 12.8 Å². The van der Waals surface area contributed by atoms with E-state index in [-0.39, 0.29) is 12.1 Å². The molecule has 14 heavy (non-hydrogen) atoms. The van der Waals surface area contributed by atoms with Crippen LogP contribution in [0.5, 0.6) is 0 Å². The van der Waals surface area contributed by atoms with Gasteiger partial charge in [-0.15, -0.1) is 11.3 Å². The minimum absolute atomic E-state index is 0.164. The van der Waals surface area contributed by atoms with Crippen LogP contribution in [0, 0.1) is 6.92 Å². The lowest BCUT2D eigenvalue weighted by Gasteiger charge is -2.29. The van der Waals surface area contributed by atoms with Gasteiger partial charge >= 0.3 is 0 Å². The lowest BCUT2D eigenvalue weighted by Crippen LogP contribution is -2.36. The molecule has 0 saturated heterocycles. The van der Waals surface area contributed by atoms with Gasteiger partial charge in [0.05, 0.1) is 12.1 Å². The molecule has 3 heteroatoms. The molecule has 0 aliphatic heterocycles. The smallest absolute Gasteiger partial charge is 0.0741 e. The van der Waals surface area contributed by atoms with Gasteiger partial charge in [-0.2, -0.15) is 0 Å². The van der Waals surface area contributed by atoms with E-state index in [9.17, 15) is 5.11 Å². The van der Waals surface area contributed by atoms with E-state index in [1.54, 1.807) is 11.3 Å². The van der Waals surface area contributed by atoms with E-state index in [2.05, 4.69) is 23.0 Å². The molecule has 1 aliphatic rings. The normalized spacial score (nSPS) is 27.6. The van der Waals surface area contributed by atoms with Crippen LogP contribution in [0.4, 0.5) is 5.69 Å². The van der Waals surface area contributed by atoms with Crippen LogP contribution < -0.4 is 5.32 Å². The van der Waals surface area contributed by atoms with Crippen molar-refractivity contribution in [2.24, 2.45) is 0 Å². The highest BCUT2D eigenvalue weighted by Crippen LogP contribution is 2.25. The van der Waals surface area contributed by atoms with Crippen LogP contribution >= 0.6 is 11.3 Å². The third kappa shape index (κ3) is 2.10. The van der Waals surface area contributed by atoms with E-state index in [4.69, 9.17) is 0 Å². The standard InChI is InChI=1S/C11H17NOS/c1-8-6-14-7-10(8)12-9-4-2-3-5-11(9)13/h6-7,9,11-13H,2-5H2,1H3. The van der Waals surface area contributed by atoms with Crippen molar-refractivity contribution < 1.29 is 5.11 Å². The highest BCUT2D eigenvalue weighted by Gasteiger charge is 2.22. The van der Waals surface area contributed by atoms with Gasteiger partial charge in [-0.3, -0.25) is 0 Å². The molecule has 2 atom stereocenters. The predicted octanol–water partition coefficient (Wildman–Crippen LogP) is 2.77. The van der Waals surface area contributed by atoms with Crippen molar-refractivity contribution in [3.63, 3.8) is 0 Å². The summed E-state index contributed by atoms with van der Waals surface area (Å²) in [6, 6.07) is 0.261.